The highest BCUT2D eigenvalue weighted by atomic mass is 32.2. The van der Waals surface area contributed by atoms with Crippen LogP contribution in [0.5, 0.6) is 17.2 Å². The van der Waals surface area contributed by atoms with Gasteiger partial charge in [-0.1, -0.05) is 0 Å². The van der Waals surface area contributed by atoms with Crippen molar-refractivity contribution in [3.63, 3.8) is 0 Å². The fourth-order valence-corrected chi connectivity index (χ4v) is 4.90. The first-order valence-electron chi connectivity index (χ1n) is 10.0. The van der Waals surface area contributed by atoms with Crippen LogP contribution in [0.15, 0.2) is 41.3 Å². The van der Waals surface area contributed by atoms with Crippen molar-refractivity contribution in [2.75, 3.05) is 34.4 Å². The molecule has 0 aromatic heterocycles. The number of methoxy groups -OCH3 is 3. The Morgan fingerprint density at radius 1 is 0.968 bits per heavy atom. The lowest BCUT2D eigenvalue weighted by Gasteiger charge is -2.20. The smallest absolute Gasteiger partial charge is 0.257 e. The highest BCUT2D eigenvalue weighted by Gasteiger charge is 2.26. The third-order valence-corrected chi connectivity index (χ3v) is 6.88. The molecule has 8 nitrogen and oxygen atoms in total. The number of nitrogens with zero attached hydrogens (tertiary/aromatic N) is 1. The van der Waals surface area contributed by atoms with Gasteiger partial charge in [-0.15, -0.1) is 0 Å². The van der Waals surface area contributed by atoms with Gasteiger partial charge < -0.3 is 19.1 Å². The van der Waals surface area contributed by atoms with Gasteiger partial charge in [-0.05, 0) is 56.2 Å². The number of hydrogen-bond acceptors (Lipinski definition) is 6. The number of amides is 1. The molecule has 2 aromatic rings. The van der Waals surface area contributed by atoms with Crippen molar-refractivity contribution >= 4 is 15.9 Å². The second kappa shape index (κ2) is 9.57. The van der Waals surface area contributed by atoms with E-state index in [4.69, 9.17) is 14.2 Å². The van der Waals surface area contributed by atoms with E-state index in [0.717, 1.165) is 12.8 Å². The molecule has 0 saturated carbocycles. The van der Waals surface area contributed by atoms with E-state index >= 15 is 0 Å². The van der Waals surface area contributed by atoms with Crippen molar-refractivity contribution < 1.29 is 27.4 Å². The fraction of sp³-hybridized carbons (Fsp3) is 0.409. The number of nitrogens with one attached hydrogen (secondary N) is 1. The Kier molecular flexibility index (Phi) is 7.07. The average Bonchev–Trinajstić information content (AvgIpc) is 3.32. The SMILES string of the molecule is COc1ccc(OC)c(C(C)NS(=O)(=O)c2ccc(OC)c(C(=O)N3CCCC3)c2)c1. The molecule has 9 heteroatoms. The van der Waals surface area contributed by atoms with Gasteiger partial charge in [0.15, 0.2) is 0 Å². The molecule has 1 amide bonds. The Labute approximate surface area is 183 Å². The molecule has 1 aliphatic rings. The molecule has 2 aromatic carbocycles. The topological polar surface area (TPSA) is 94.2 Å². The zero-order valence-electron chi connectivity index (χ0n) is 18.2. The molecule has 1 fully saturated rings. The zero-order chi connectivity index (χ0) is 22.6. The van der Waals surface area contributed by atoms with E-state index in [1.165, 1.54) is 39.5 Å². The molecular formula is C22H28N2O6S. The molecule has 0 bridgehead atoms. The van der Waals surface area contributed by atoms with Crippen molar-refractivity contribution in [1.29, 1.82) is 0 Å². The van der Waals surface area contributed by atoms with E-state index in [2.05, 4.69) is 4.72 Å². The molecule has 1 heterocycles. The third kappa shape index (κ3) is 4.94. The van der Waals surface area contributed by atoms with Crippen molar-refractivity contribution in [1.82, 2.24) is 9.62 Å². The predicted molar refractivity (Wildman–Crippen MR) is 116 cm³/mol. The molecule has 1 aliphatic heterocycles. The van der Waals surface area contributed by atoms with Gasteiger partial charge in [0, 0.05) is 24.7 Å². The van der Waals surface area contributed by atoms with Crippen LogP contribution in [0.3, 0.4) is 0 Å². The lowest BCUT2D eigenvalue weighted by atomic mass is 10.1. The minimum absolute atomic E-state index is 0.00967. The summed E-state index contributed by atoms with van der Waals surface area (Å²) in [6.07, 6.45) is 1.88. The van der Waals surface area contributed by atoms with Crippen LogP contribution < -0.4 is 18.9 Å². The Morgan fingerprint density at radius 3 is 2.23 bits per heavy atom. The highest BCUT2D eigenvalue weighted by molar-refractivity contribution is 7.89. The summed E-state index contributed by atoms with van der Waals surface area (Å²) in [6.45, 7) is 3.03. The average molecular weight is 449 g/mol. The minimum Gasteiger partial charge on any atom is -0.497 e. The van der Waals surface area contributed by atoms with Crippen LogP contribution in [0.25, 0.3) is 0 Å². The molecule has 3 rings (SSSR count). The maximum absolute atomic E-state index is 13.1. The van der Waals surface area contributed by atoms with Crippen molar-refractivity contribution in [3.05, 3.63) is 47.5 Å². The van der Waals surface area contributed by atoms with Crippen LogP contribution >= 0.6 is 0 Å². The summed E-state index contributed by atoms with van der Waals surface area (Å²) < 4.78 is 44.8. The number of rotatable bonds is 8. The van der Waals surface area contributed by atoms with E-state index in [0.29, 0.717) is 35.9 Å². The van der Waals surface area contributed by atoms with Gasteiger partial charge in [-0.3, -0.25) is 4.79 Å². The molecule has 1 saturated heterocycles. The summed E-state index contributed by atoms with van der Waals surface area (Å²) in [4.78, 5) is 14.6. The summed E-state index contributed by atoms with van der Waals surface area (Å²) in [5.41, 5.74) is 0.867. The van der Waals surface area contributed by atoms with Crippen LogP contribution in [-0.4, -0.2) is 53.6 Å². The third-order valence-electron chi connectivity index (χ3n) is 5.34. The van der Waals surface area contributed by atoms with Crippen molar-refractivity contribution in [3.8, 4) is 17.2 Å². The normalized spacial score (nSPS) is 14.9. The van der Waals surface area contributed by atoms with E-state index in [-0.39, 0.29) is 16.4 Å². The number of carbonyl (C=O) groups excluding carboxylic acids is 1. The van der Waals surface area contributed by atoms with Crippen molar-refractivity contribution in [2.24, 2.45) is 0 Å². The largest absolute Gasteiger partial charge is 0.497 e. The molecule has 1 unspecified atom stereocenters. The van der Waals surface area contributed by atoms with Gasteiger partial charge >= 0.3 is 0 Å². The minimum atomic E-state index is -3.93. The summed E-state index contributed by atoms with van der Waals surface area (Å²) in [5, 5.41) is 0. The van der Waals surface area contributed by atoms with E-state index in [1.807, 2.05) is 0 Å². The van der Waals surface area contributed by atoms with E-state index in [1.54, 1.807) is 30.0 Å². The predicted octanol–water partition coefficient (Wildman–Crippen LogP) is 2.99. The first-order chi connectivity index (χ1) is 14.8. The maximum Gasteiger partial charge on any atom is 0.257 e. The van der Waals surface area contributed by atoms with Crippen molar-refractivity contribution in [2.45, 2.75) is 30.7 Å². The summed E-state index contributed by atoms with van der Waals surface area (Å²) >= 11 is 0. The molecule has 0 radical (unpaired) electrons. The highest BCUT2D eigenvalue weighted by Crippen LogP contribution is 2.31. The van der Waals surface area contributed by atoms with Gasteiger partial charge in [0.2, 0.25) is 10.0 Å². The van der Waals surface area contributed by atoms with Crippen LogP contribution in [0.1, 0.15) is 41.7 Å². The fourth-order valence-electron chi connectivity index (χ4n) is 3.65. The molecule has 0 spiro atoms. The van der Waals surface area contributed by atoms with E-state index in [9.17, 15) is 13.2 Å². The van der Waals surface area contributed by atoms with Crippen LogP contribution in [0, 0.1) is 0 Å². The Balaban J connectivity index is 1.91. The number of sulfonamides is 1. The first-order valence-corrected chi connectivity index (χ1v) is 11.5. The zero-order valence-corrected chi connectivity index (χ0v) is 19.0. The number of ether oxygens (including phenoxy) is 3. The quantitative estimate of drug-likeness (QED) is 0.667. The maximum atomic E-state index is 13.1. The van der Waals surface area contributed by atoms with Gasteiger partial charge in [0.1, 0.15) is 17.2 Å². The molecule has 1 N–H and O–H groups in total. The van der Waals surface area contributed by atoms with Gasteiger partial charge in [0.25, 0.3) is 5.91 Å². The Morgan fingerprint density at radius 2 is 1.61 bits per heavy atom. The Hall–Kier alpha value is -2.78. The second-order valence-corrected chi connectivity index (χ2v) is 9.03. The van der Waals surface area contributed by atoms with Gasteiger partial charge in [-0.25, -0.2) is 13.1 Å². The standard InChI is InChI=1S/C22H28N2O6S/c1-15(18-13-16(28-2)7-9-20(18)29-3)23-31(26,27)17-8-10-21(30-4)19(14-17)22(25)24-11-5-6-12-24/h7-10,13-15,23H,5-6,11-12H2,1-4H3. The number of carbonyl (C=O) groups is 1. The lowest BCUT2D eigenvalue weighted by molar-refractivity contribution is 0.0789. The number of benzene rings is 2. The molecule has 0 aliphatic carbocycles. The lowest BCUT2D eigenvalue weighted by Crippen LogP contribution is -2.29. The molecule has 31 heavy (non-hydrogen) atoms. The molecule has 1 atom stereocenters. The molecule has 168 valence electrons. The van der Waals surface area contributed by atoms with Crippen LogP contribution in [0.2, 0.25) is 0 Å². The number of hydrogen-bond donors (Lipinski definition) is 1. The van der Waals surface area contributed by atoms with Gasteiger partial charge in [0.05, 0.1) is 31.8 Å². The van der Waals surface area contributed by atoms with Crippen LogP contribution in [-0.2, 0) is 10.0 Å². The monoisotopic (exact) mass is 448 g/mol. The summed E-state index contributed by atoms with van der Waals surface area (Å²) in [7, 11) is 0.587. The summed E-state index contributed by atoms with van der Waals surface area (Å²) in [5.74, 6) is 1.24. The number of likely N-dealkylation sites (tertiary alicyclic amines) is 1. The van der Waals surface area contributed by atoms with Crippen LogP contribution in [0.4, 0.5) is 0 Å². The molecular weight excluding hydrogens is 420 g/mol. The van der Waals surface area contributed by atoms with Gasteiger partial charge in [-0.2, -0.15) is 0 Å². The summed E-state index contributed by atoms with van der Waals surface area (Å²) in [6, 6.07) is 8.89. The Bertz CT molecular complexity index is 1050. The van der Waals surface area contributed by atoms with E-state index < -0.39 is 16.1 Å². The second-order valence-electron chi connectivity index (χ2n) is 7.31. The first kappa shape index (κ1) is 22.9.